The van der Waals surface area contributed by atoms with Crippen LogP contribution in [-0.4, -0.2) is 82.6 Å². The molecular formula is C27H38N4O10. The minimum atomic E-state index is -0.820. The molecule has 2 rings (SSSR count). The number of nitrogens with zero attached hydrogens (tertiary/aromatic N) is 2. The first-order chi connectivity index (χ1) is 19.3. The lowest BCUT2D eigenvalue weighted by Gasteiger charge is -2.16. The number of rotatable bonds is 17. The van der Waals surface area contributed by atoms with Crippen molar-refractivity contribution >= 4 is 53.0 Å². The molecule has 0 spiro atoms. The van der Waals surface area contributed by atoms with Gasteiger partial charge in [0, 0.05) is 63.3 Å². The Labute approximate surface area is 237 Å². The largest absolute Gasteiger partial charge is 0.349 e. The van der Waals surface area contributed by atoms with Crippen LogP contribution < -0.4 is 10.6 Å². The maximum atomic E-state index is 12.3. The summed E-state index contributed by atoms with van der Waals surface area (Å²) < 4.78 is 0. The van der Waals surface area contributed by atoms with Gasteiger partial charge in [0.2, 0.25) is 23.6 Å². The second-order valence-electron chi connectivity index (χ2n) is 10.6. The highest BCUT2D eigenvalue weighted by Gasteiger charge is 2.40. The van der Waals surface area contributed by atoms with E-state index in [2.05, 4.69) is 10.6 Å². The smallest absolute Gasteiger partial charge is 0.333 e. The zero-order valence-corrected chi connectivity index (χ0v) is 23.7. The molecular weight excluding hydrogens is 540 g/mol. The van der Waals surface area contributed by atoms with Crippen molar-refractivity contribution in [2.75, 3.05) is 19.6 Å². The molecule has 2 aliphatic rings. The Balaban J connectivity index is 1.52. The second kappa shape index (κ2) is 15.7. The van der Waals surface area contributed by atoms with E-state index in [1.807, 2.05) is 13.8 Å². The van der Waals surface area contributed by atoms with Crippen molar-refractivity contribution in [2.45, 2.75) is 78.6 Å². The van der Waals surface area contributed by atoms with Gasteiger partial charge in [0.15, 0.2) is 11.6 Å². The fraction of sp³-hybridized carbons (Fsp3) is 0.667. The van der Waals surface area contributed by atoms with Gasteiger partial charge in [0.05, 0.1) is 13.1 Å². The fourth-order valence-electron chi connectivity index (χ4n) is 4.29. The van der Waals surface area contributed by atoms with Crippen molar-refractivity contribution in [2.24, 2.45) is 17.8 Å². The molecule has 0 aromatic rings. The average Bonchev–Trinajstić information content (AvgIpc) is 3.33. The highest BCUT2D eigenvalue weighted by Crippen LogP contribution is 2.26. The summed E-state index contributed by atoms with van der Waals surface area (Å²) in [6.07, 6.45) is -0.0106. The lowest BCUT2D eigenvalue weighted by Crippen LogP contribution is -2.34. The van der Waals surface area contributed by atoms with Crippen LogP contribution in [0.2, 0.25) is 0 Å². The van der Waals surface area contributed by atoms with E-state index in [1.165, 1.54) is 4.90 Å². The van der Waals surface area contributed by atoms with Crippen LogP contribution in [0, 0.1) is 17.8 Å². The monoisotopic (exact) mass is 578 g/mol. The maximum Gasteiger partial charge on any atom is 0.333 e. The maximum absolute atomic E-state index is 12.3. The van der Waals surface area contributed by atoms with Gasteiger partial charge in [-0.2, -0.15) is 0 Å². The highest BCUT2D eigenvalue weighted by atomic mass is 16.7. The van der Waals surface area contributed by atoms with E-state index in [1.54, 1.807) is 6.92 Å². The Kier molecular flexibility index (Phi) is 12.7. The Morgan fingerprint density at radius 1 is 0.780 bits per heavy atom. The number of amides is 6. The van der Waals surface area contributed by atoms with Crippen LogP contribution in [0.1, 0.15) is 78.6 Å². The summed E-state index contributed by atoms with van der Waals surface area (Å²) in [5.74, 6) is -4.97. The second-order valence-corrected chi connectivity index (χ2v) is 10.6. The molecule has 14 heteroatoms. The number of nitrogens with one attached hydrogen (secondary N) is 2. The Morgan fingerprint density at radius 3 is 1.95 bits per heavy atom. The minimum absolute atomic E-state index is 0.0311. The summed E-state index contributed by atoms with van der Waals surface area (Å²) in [7, 11) is 0. The van der Waals surface area contributed by atoms with Crippen molar-refractivity contribution in [1.29, 1.82) is 0 Å². The number of hydrogen-bond donors (Lipinski definition) is 2. The molecule has 0 aliphatic carbocycles. The van der Waals surface area contributed by atoms with Crippen LogP contribution in [0.5, 0.6) is 0 Å². The molecule has 14 nitrogen and oxygen atoms in total. The molecule has 2 unspecified atom stereocenters. The average molecular weight is 579 g/mol. The van der Waals surface area contributed by atoms with Crippen LogP contribution in [0.4, 0.5) is 0 Å². The molecule has 0 aromatic carbocycles. The number of ketones is 2. The first kappa shape index (κ1) is 33.2. The van der Waals surface area contributed by atoms with Crippen LogP contribution in [0.3, 0.4) is 0 Å². The van der Waals surface area contributed by atoms with Gasteiger partial charge in [0.25, 0.3) is 11.8 Å². The SMILES string of the molecule is CC1CC(=O)N(OC(=O)CCCC(=O)CNC(=O)CCC(=O)CNC(=O)CCCN2C(=O)CC(C(C)C)C2=O)C1=O. The fourth-order valence-corrected chi connectivity index (χ4v) is 4.29. The molecule has 6 amide bonds. The van der Waals surface area contributed by atoms with Crippen molar-refractivity contribution in [3.63, 3.8) is 0 Å². The molecule has 0 radical (unpaired) electrons. The van der Waals surface area contributed by atoms with Gasteiger partial charge < -0.3 is 15.5 Å². The molecule has 2 aliphatic heterocycles. The number of hydrogen-bond acceptors (Lipinski definition) is 10. The van der Waals surface area contributed by atoms with Gasteiger partial charge in [-0.25, -0.2) is 4.79 Å². The summed E-state index contributed by atoms with van der Waals surface area (Å²) in [6, 6.07) is 0. The number of carbonyl (C=O) groups excluding carboxylic acids is 9. The molecule has 2 atom stereocenters. The predicted octanol–water partition coefficient (Wildman–Crippen LogP) is -0.0280. The van der Waals surface area contributed by atoms with Gasteiger partial charge in [0.1, 0.15) is 0 Å². The third-order valence-corrected chi connectivity index (χ3v) is 6.82. The molecule has 0 saturated carbocycles. The minimum Gasteiger partial charge on any atom is -0.349 e. The quantitative estimate of drug-likeness (QED) is 0.221. The number of hydroxylamine groups is 2. The van der Waals surface area contributed by atoms with Gasteiger partial charge >= 0.3 is 5.97 Å². The zero-order chi connectivity index (χ0) is 30.7. The highest BCUT2D eigenvalue weighted by molar-refractivity contribution is 6.04. The van der Waals surface area contributed by atoms with Crippen LogP contribution in [0.15, 0.2) is 0 Å². The van der Waals surface area contributed by atoms with Crippen molar-refractivity contribution in [3.05, 3.63) is 0 Å². The molecule has 0 bridgehead atoms. The molecule has 2 saturated heterocycles. The molecule has 226 valence electrons. The molecule has 2 heterocycles. The third kappa shape index (κ3) is 10.5. The predicted molar refractivity (Wildman–Crippen MR) is 140 cm³/mol. The zero-order valence-electron chi connectivity index (χ0n) is 23.7. The van der Waals surface area contributed by atoms with E-state index in [9.17, 15) is 43.2 Å². The number of likely N-dealkylation sites (tertiary alicyclic amines) is 1. The summed E-state index contributed by atoms with van der Waals surface area (Å²) in [4.78, 5) is 113. The van der Waals surface area contributed by atoms with E-state index in [0.29, 0.717) is 5.06 Å². The lowest BCUT2D eigenvalue weighted by molar-refractivity contribution is -0.198. The topological polar surface area (TPSA) is 193 Å². The van der Waals surface area contributed by atoms with Gasteiger partial charge in [-0.15, -0.1) is 5.06 Å². The summed E-state index contributed by atoms with van der Waals surface area (Å²) in [5.41, 5.74) is 0. The van der Waals surface area contributed by atoms with Gasteiger partial charge in [-0.1, -0.05) is 20.8 Å². The van der Waals surface area contributed by atoms with E-state index in [-0.39, 0.29) is 113 Å². The Morgan fingerprint density at radius 2 is 1.39 bits per heavy atom. The number of imide groups is 2. The van der Waals surface area contributed by atoms with E-state index >= 15 is 0 Å². The molecule has 41 heavy (non-hydrogen) atoms. The van der Waals surface area contributed by atoms with E-state index in [4.69, 9.17) is 4.84 Å². The van der Waals surface area contributed by atoms with Crippen LogP contribution in [0.25, 0.3) is 0 Å². The van der Waals surface area contributed by atoms with Crippen molar-refractivity contribution < 1.29 is 48.0 Å². The third-order valence-electron chi connectivity index (χ3n) is 6.82. The summed E-state index contributed by atoms with van der Waals surface area (Å²) >= 11 is 0. The Hall–Kier alpha value is -3.97. The lowest BCUT2D eigenvalue weighted by atomic mass is 9.94. The molecule has 2 N–H and O–H groups in total. The first-order valence-electron chi connectivity index (χ1n) is 13.8. The van der Waals surface area contributed by atoms with Crippen molar-refractivity contribution in [3.8, 4) is 0 Å². The Bertz CT molecular complexity index is 1090. The van der Waals surface area contributed by atoms with E-state index in [0.717, 1.165) is 0 Å². The number of Topliss-reactive ketones (excluding diaryl/α,β-unsaturated/α-hetero) is 2. The van der Waals surface area contributed by atoms with Gasteiger partial charge in [-0.05, 0) is 18.8 Å². The normalized spacial score (nSPS) is 18.7. The van der Waals surface area contributed by atoms with Crippen molar-refractivity contribution in [1.82, 2.24) is 20.6 Å². The first-order valence-corrected chi connectivity index (χ1v) is 13.8. The van der Waals surface area contributed by atoms with Crippen LogP contribution >= 0.6 is 0 Å². The summed E-state index contributed by atoms with van der Waals surface area (Å²) in [5, 5.41) is 5.29. The standard InChI is InChI=1S/C27H38N4O10/c1-16(2)20-13-23(36)30(27(20)40)11-5-7-21(34)28-15-19(33)9-10-22(35)29-14-18(32)6-4-8-25(38)41-31-24(37)12-17(3)26(31)39/h16-17,20H,4-15H2,1-3H3,(H,28,34)(H,29,35). The van der Waals surface area contributed by atoms with Crippen LogP contribution in [-0.2, 0) is 48.0 Å². The van der Waals surface area contributed by atoms with E-state index < -0.39 is 35.5 Å². The van der Waals surface area contributed by atoms with Gasteiger partial charge in [-0.3, -0.25) is 43.3 Å². The molecule has 2 fully saturated rings. The number of carbonyl (C=O) groups is 9. The summed E-state index contributed by atoms with van der Waals surface area (Å²) in [6.45, 7) is 4.89. The molecule has 0 aromatic heterocycles.